The van der Waals surface area contributed by atoms with E-state index in [0.717, 1.165) is 16.8 Å². The Labute approximate surface area is 117 Å². The van der Waals surface area contributed by atoms with E-state index in [1.54, 1.807) is 19.4 Å². The van der Waals surface area contributed by atoms with Crippen LogP contribution in [0.3, 0.4) is 0 Å². The highest BCUT2D eigenvalue weighted by molar-refractivity contribution is 7.80. The summed E-state index contributed by atoms with van der Waals surface area (Å²) >= 11 is 4.95. The van der Waals surface area contributed by atoms with Gasteiger partial charge in [0.05, 0.1) is 6.61 Å². The number of nitrogens with two attached hydrogens (primary N) is 1. The molecule has 0 amide bonds. The van der Waals surface area contributed by atoms with Crippen LogP contribution in [-0.4, -0.2) is 17.1 Å². The minimum Gasteiger partial charge on any atom is -0.389 e. The second kappa shape index (κ2) is 6.26. The van der Waals surface area contributed by atoms with Crippen molar-refractivity contribution in [2.45, 2.75) is 6.61 Å². The van der Waals surface area contributed by atoms with Gasteiger partial charge in [-0.15, -0.1) is 0 Å². The molecule has 0 atom stereocenters. The van der Waals surface area contributed by atoms with Crippen LogP contribution in [0.1, 0.15) is 11.1 Å². The molecule has 3 N–H and O–H groups in total. The Balaban J connectivity index is 2.18. The first-order valence-corrected chi connectivity index (χ1v) is 6.20. The third kappa shape index (κ3) is 3.74. The number of rotatable bonds is 5. The second-order valence-corrected chi connectivity index (χ2v) is 4.49. The number of methoxy groups -OCH3 is 1. The van der Waals surface area contributed by atoms with E-state index in [1.165, 1.54) is 0 Å². The smallest absolute Gasteiger partial charge is 0.130 e. The number of aromatic nitrogens is 1. The lowest BCUT2D eigenvalue weighted by Gasteiger charge is -2.08. The molecule has 98 valence electrons. The molecule has 0 spiro atoms. The van der Waals surface area contributed by atoms with Gasteiger partial charge in [0, 0.05) is 24.6 Å². The van der Waals surface area contributed by atoms with Gasteiger partial charge < -0.3 is 15.8 Å². The zero-order valence-corrected chi connectivity index (χ0v) is 11.4. The van der Waals surface area contributed by atoms with Gasteiger partial charge in [-0.3, -0.25) is 0 Å². The fourth-order valence-electron chi connectivity index (χ4n) is 1.71. The topological polar surface area (TPSA) is 60.2 Å². The lowest BCUT2D eigenvalue weighted by atomic mass is 10.2. The lowest BCUT2D eigenvalue weighted by Crippen LogP contribution is -2.09. The number of hydrogen-bond donors (Lipinski definition) is 2. The number of ether oxygens (including phenoxy) is 1. The third-order valence-electron chi connectivity index (χ3n) is 2.55. The quantitative estimate of drug-likeness (QED) is 0.820. The van der Waals surface area contributed by atoms with Crippen LogP contribution in [0.2, 0.25) is 0 Å². The van der Waals surface area contributed by atoms with Crippen molar-refractivity contribution >= 4 is 28.7 Å². The minimum atomic E-state index is 0.360. The Kier molecular flexibility index (Phi) is 4.43. The summed E-state index contributed by atoms with van der Waals surface area (Å²) < 4.78 is 5.11. The van der Waals surface area contributed by atoms with Crippen LogP contribution in [0.4, 0.5) is 11.5 Å². The average Bonchev–Trinajstić information content (AvgIpc) is 2.40. The summed E-state index contributed by atoms with van der Waals surface area (Å²) in [5.41, 5.74) is 8.43. The predicted octanol–water partition coefficient (Wildman–Crippen LogP) is 2.61. The van der Waals surface area contributed by atoms with Crippen molar-refractivity contribution in [2.24, 2.45) is 5.73 Å². The van der Waals surface area contributed by atoms with E-state index in [-0.39, 0.29) is 0 Å². The number of hydrogen-bond acceptors (Lipinski definition) is 4. The van der Waals surface area contributed by atoms with Crippen LogP contribution in [0.5, 0.6) is 0 Å². The molecule has 1 aromatic carbocycles. The number of thiocarbonyl (C=S) groups is 1. The minimum absolute atomic E-state index is 0.360. The molecule has 0 aliphatic rings. The van der Waals surface area contributed by atoms with Crippen molar-refractivity contribution in [1.82, 2.24) is 4.98 Å². The van der Waals surface area contributed by atoms with E-state index in [4.69, 9.17) is 22.7 Å². The summed E-state index contributed by atoms with van der Waals surface area (Å²) in [6, 6.07) is 11.6. The summed E-state index contributed by atoms with van der Waals surface area (Å²) in [5, 5.41) is 3.22. The SMILES string of the molecule is COCc1cccc(Nc2cc(C(N)=S)ccn2)c1. The molecule has 0 aliphatic heterocycles. The molecule has 2 aromatic rings. The average molecular weight is 273 g/mol. The van der Waals surface area contributed by atoms with Crippen LogP contribution < -0.4 is 11.1 Å². The van der Waals surface area contributed by atoms with Gasteiger partial charge in [0.2, 0.25) is 0 Å². The molecule has 0 unspecified atom stereocenters. The summed E-state index contributed by atoms with van der Waals surface area (Å²) in [6.07, 6.45) is 1.68. The largest absolute Gasteiger partial charge is 0.389 e. The van der Waals surface area contributed by atoms with Gasteiger partial charge in [0.15, 0.2) is 0 Å². The first-order valence-electron chi connectivity index (χ1n) is 5.80. The summed E-state index contributed by atoms with van der Waals surface area (Å²) in [5.74, 6) is 0.708. The van der Waals surface area contributed by atoms with Crippen LogP contribution in [0, 0.1) is 0 Å². The normalized spacial score (nSPS) is 10.2. The van der Waals surface area contributed by atoms with Crippen LogP contribution in [0.25, 0.3) is 0 Å². The molecule has 5 heteroatoms. The summed E-state index contributed by atoms with van der Waals surface area (Å²) in [6.45, 7) is 0.579. The van der Waals surface area contributed by atoms with Crippen molar-refractivity contribution in [3.05, 3.63) is 53.7 Å². The van der Waals surface area contributed by atoms with Gasteiger partial charge >= 0.3 is 0 Å². The van der Waals surface area contributed by atoms with E-state index < -0.39 is 0 Å². The van der Waals surface area contributed by atoms with Gasteiger partial charge in [-0.1, -0.05) is 24.4 Å². The highest BCUT2D eigenvalue weighted by Crippen LogP contribution is 2.17. The molecule has 0 bridgehead atoms. The molecule has 4 nitrogen and oxygen atoms in total. The van der Waals surface area contributed by atoms with Crippen LogP contribution in [-0.2, 0) is 11.3 Å². The Bertz CT molecular complexity index is 586. The highest BCUT2D eigenvalue weighted by Gasteiger charge is 2.01. The van der Waals surface area contributed by atoms with Crippen molar-refractivity contribution in [2.75, 3.05) is 12.4 Å². The number of nitrogens with one attached hydrogen (secondary N) is 1. The molecular formula is C14H15N3OS. The van der Waals surface area contributed by atoms with Gasteiger partial charge in [0.1, 0.15) is 10.8 Å². The maximum absolute atomic E-state index is 5.60. The fourth-order valence-corrected chi connectivity index (χ4v) is 1.83. The highest BCUT2D eigenvalue weighted by atomic mass is 32.1. The molecule has 0 saturated carbocycles. The molecule has 1 heterocycles. The van der Waals surface area contributed by atoms with E-state index >= 15 is 0 Å². The van der Waals surface area contributed by atoms with Gasteiger partial charge in [-0.05, 0) is 29.8 Å². The molecule has 0 radical (unpaired) electrons. The van der Waals surface area contributed by atoms with E-state index in [2.05, 4.69) is 10.3 Å². The second-order valence-electron chi connectivity index (χ2n) is 4.05. The molecule has 19 heavy (non-hydrogen) atoms. The van der Waals surface area contributed by atoms with Crippen molar-refractivity contribution in [1.29, 1.82) is 0 Å². The number of benzene rings is 1. The Hall–Kier alpha value is -1.98. The van der Waals surface area contributed by atoms with Crippen molar-refractivity contribution < 1.29 is 4.74 Å². The maximum atomic E-state index is 5.60. The number of anilines is 2. The lowest BCUT2D eigenvalue weighted by molar-refractivity contribution is 0.185. The molecular weight excluding hydrogens is 258 g/mol. The standard InChI is InChI=1S/C14H15N3OS/c1-18-9-10-3-2-4-12(7-10)17-13-8-11(14(15)19)5-6-16-13/h2-8H,9H2,1H3,(H2,15,19)(H,16,17). The summed E-state index contributed by atoms with van der Waals surface area (Å²) in [4.78, 5) is 4.59. The van der Waals surface area contributed by atoms with Crippen LogP contribution in [0.15, 0.2) is 42.6 Å². The van der Waals surface area contributed by atoms with Crippen LogP contribution >= 0.6 is 12.2 Å². The monoisotopic (exact) mass is 273 g/mol. The molecule has 2 rings (SSSR count). The van der Waals surface area contributed by atoms with Crippen molar-refractivity contribution in [3.63, 3.8) is 0 Å². The molecule has 1 aromatic heterocycles. The Morgan fingerprint density at radius 1 is 1.37 bits per heavy atom. The zero-order valence-electron chi connectivity index (χ0n) is 10.6. The number of nitrogens with zero attached hydrogens (tertiary/aromatic N) is 1. The maximum Gasteiger partial charge on any atom is 0.130 e. The molecule has 0 fully saturated rings. The van der Waals surface area contributed by atoms with E-state index in [0.29, 0.717) is 17.4 Å². The first kappa shape index (κ1) is 13.5. The van der Waals surface area contributed by atoms with Crippen molar-refractivity contribution in [3.8, 4) is 0 Å². The van der Waals surface area contributed by atoms with E-state index in [1.807, 2.05) is 30.3 Å². The van der Waals surface area contributed by atoms with Gasteiger partial charge in [0.25, 0.3) is 0 Å². The summed E-state index contributed by atoms with van der Waals surface area (Å²) in [7, 11) is 1.67. The first-order chi connectivity index (χ1) is 9.19. The molecule has 0 saturated heterocycles. The fraction of sp³-hybridized carbons (Fsp3) is 0.143. The van der Waals surface area contributed by atoms with E-state index in [9.17, 15) is 0 Å². The Morgan fingerprint density at radius 3 is 2.95 bits per heavy atom. The Morgan fingerprint density at radius 2 is 2.21 bits per heavy atom. The van der Waals surface area contributed by atoms with Gasteiger partial charge in [-0.25, -0.2) is 4.98 Å². The predicted molar refractivity (Wildman–Crippen MR) is 80.6 cm³/mol. The zero-order chi connectivity index (χ0) is 13.7. The third-order valence-corrected chi connectivity index (χ3v) is 2.79. The number of pyridine rings is 1. The molecule has 0 aliphatic carbocycles. The van der Waals surface area contributed by atoms with Gasteiger partial charge in [-0.2, -0.15) is 0 Å².